The maximum atomic E-state index is 11.2. The molecule has 0 radical (unpaired) electrons. The molecule has 0 bridgehead atoms. The van der Waals surface area contributed by atoms with Gasteiger partial charge in [-0.15, -0.1) is 5.73 Å². The van der Waals surface area contributed by atoms with E-state index in [0.717, 1.165) is 16.3 Å². The summed E-state index contributed by atoms with van der Waals surface area (Å²) < 4.78 is 9.98. The summed E-state index contributed by atoms with van der Waals surface area (Å²) in [5, 5.41) is 1.88. The molecule has 0 aromatic heterocycles. The Bertz CT molecular complexity index is 783. The fourth-order valence-corrected chi connectivity index (χ4v) is 2.16. The van der Waals surface area contributed by atoms with Crippen LogP contribution in [0.4, 0.5) is 0 Å². The molecule has 0 aliphatic heterocycles. The molecule has 118 valence electrons. The minimum absolute atomic E-state index is 0.339. The highest BCUT2D eigenvalue weighted by Crippen LogP contribution is 2.26. The van der Waals surface area contributed by atoms with Crippen molar-refractivity contribution in [3.8, 4) is 5.75 Å². The van der Waals surface area contributed by atoms with E-state index in [1.807, 2.05) is 30.3 Å². The van der Waals surface area contributed by atoms with Gasteiger partial charge in [-0.3, -0.25) is 4.79 Å². The lowest BCUT2D eigenvalue weighted by molar-refractivity contribution is -0.137. The minimum atomic E-state index is -0.395. The van der Waals surface area contributed by atoms with Crippen molar-refractivity contribution >= 4 is 22.7 Å². The Morgan fingerprint density at radius 1 is 1.22 bits per heavy atom. The number of benzene rings is 2. The second kappa shape index (κ2) is 7.97. The number of hydrogen-bond acceptors (Lipinski definition) is 4. The van der Waals surface area contributed by atoms with Crippen LogP contribution >= 0.6 is 0 Å². The molecule has 0 aliphatic rings. The van der Waals surface area contributed by atoms with Crippen LogP contribution in [-0.2, 0) is 20.7 Å². The highest BCUT2D eigenvalue weighted by atomic mass is 16.5. The van der Waals surface area contributed by atoms with Gasteiger partial charge in [0.25, 0.3) is 0 Å². The number of rotatable bonds is 5. The van der Waals surface area contributed by atoms with Crippen molar-refractivity contribution in [2.45, 2.75) is 20.3 Å². The molecule has 0 unspecified atom stereocenters. The first kappa shape index (κ1) is 16.5. The van der Waals surface area contributed by atoms with E-state index < -0.39 is 5.97 Å². The van der Waals surface area contributed by atoms with Crippen molar-refractivity contribution in [1.82, 2.24) is 0 Å². The minimum Gasteiger partial charge on any atom is -0.462 e. The summed E-state index contributed by atoms with van der Waals surface area (Å²) >= 11 is 0. The number of carbonyl (C=O) groups is 2. The Kier molecular flexibility index (Phi) is 5.73. The van der Waals surface area contributed by atoms with E-state index in [1.165, 1.54) is 13.0 Å². The van der Waals surface area contributed by atoms with Gasteiger partial charge in [-0.2, -0.15) is 0 Å². The van der Waals surface area contributed by atoms with Crippen LogP contribution in [0.15, 0.2) is 54.3 Å². The van der Waals surface area contributed by atoms with Crippen LogP contribution in [0, 0.1) is 0 Å². The lowest BCUT2D eigenvalue weighted by atomic mass is 10.0. The van der Waals surface area contributed by atoms with Gasteiger partial charge in [0, 0.05) is 12.3 Å². The molecular weight excluding hydrogens is 292 g/mol. The summed E-state index contributed by atoms with van der Waals surface area (Å²) in [7, 11) is 0. The second-order valence-electron chi connectivity index (χ2n) is 4.88. The SMILES string of the molecule is CCOC(=O)C=C=CCc1ccc2c(OC(C)=O)cccc2c1. The Morgan fingerprint density at radius 2 is 2.04 bits per heavy atom. The van der Waals surface area contributed by atoms with E-state index in [9.17, 15) is 9.59 Å². The highest BCUT2D eigenvalue weighted by Gasteiger charge is 2.04. The smallest absolute Gasteiger partial charge is 0.338 e. The Hall–Kier alpha value is -2.84. The van der Waals surface area contributed by atoms with Crippen LogP contribution in [0.2, 0.25) is 0 Å². The quantitative estimate of drug-likeness (QED) is 0.366. The molecule has 2 aromatic rings. The van der Waals surface area contributed by atoms with Gasteiger partial charge in [-0.25, -0.2) is 4.79 Å². The van der Waals surface area contributed by atoms with Gasteiger partial charge in [-0.1, -0.05) is 30.3 Å². The molecule has 0 fully saturated rings. The Labute approximate surface area is 135 Å². The third-order valence-corrected chi connectivity index (χ3v) is 3.10. The van der Waals surface area contributed by atoms with Gasteiger partial charge in [0.15, 0.2) is 0 Å². The molecule has 0 heterocycles. The monoisotopic (exact) mass is 310 g/mol. The summed E-state index contributed by atoms with van der Waals surface area (Å²) in [6, 6.07) is 11.5. The largest absolute Gasteiger partial charge is 0.462 e. The number of hydrogen-bond donors (Lipinski definition) is 0. The molecule has 2 rings (SSSR count). The summed E-state index contributed by atoms with van der Waals surface area (Å²) in [5.41, 5.74) is 3.88. The van der Waals surface area contributed by atoms with Gasteiger partial charge >= 0.3 is 11.9 Å². The molecule has 0 N–H and O–H groups in total. The van der Waals surface area contributed by atoms with Gasteiger partial charge in [0.1, 0.15) is 5.75 Å². The Balaban J connectivity index is 2.16. The number of esters is 2. The molecule has 0 saturated carbocycles. The molecule has 0 aliphatic carbocycles. The number of ether oxygens (including phenoxy) is 2. The van der Waals surface area contributed by atoms with Crippen molar-refractivity contribution in [2.24, 2.45) is 0 Å². The van der Waals surface area contributed by atoms with Crippen molar-refractivity contribution in [1.29, 1.82) is 0 Å². The lowest BCUT2D eigenvalue weighted by Crippen LogP contribution is -2.01. The predicted octanol–water partition coefficient (Wildman–Crippen LogP) is 3.58. The standard InChI is InChI=1S/C19H18O4/c1-3-22-19(21)10-5-4-7-15-11-12-17-16(13-15)8-6-9-18(17)23-14(2)20/h4,6,8-13H,3,7H2,1-2H3. The van der Waals surface area contributed by atoms with Crippen LogP contribution in [-0.4, -0.2) is 18.5 Å². The molecule has 0 spiro atoms. The molecule has 2 aromatic carbocycles. The first-order valence-corrected chi connectivity index (χ1v) is 7.38. The molecule has 4 heteroatoms. The topological polar surface area (TPSA) is 52.6 Å². The van der Waals surface area contributed by atoms with Crippen LogP contribution < -0.4 is 4.74 Å². The maximum Gasteiger partial charge on any atom is 0.338 e. The lowest BCUT2D eigenvalue weighted by Gasteiger charge is -2.07. The van der Waals surface area contributed by atoms with E-state index in [1.54, 1.807) is 19.1 Å². The molecule has 0 atom stereocenters. The van der Waals surface area contributed by atoms with Crippen LogP contribution in [0.5, 0.6) is 5.75 Å². The van der Waals surface area contributed by atoms with Gasteiger partial charge in [0.05, 0.1) is 12.7 Å². The zero-order valence-electron chi connectivity index (χ0n) is 13.2. The van der Waals surface area contributed by atoms with Crippen molar-refractivity contribution < 1.29 is 19.1 Å². The zero-order valence-corrected chi connectivity index (χ0v) is 13.2. The van der Waals surface area contributed by atoms with Gasteiger partial charge in [0.2, 0.25) is 0 Å². The van der Waals surface area contributed by atoms with E-state index in [-0.39, 0.29) is 5.97 Å². The third kappa shape index (κ3) is 4.83. The fourth-order valence-electron chi connectivity index (χ4n) is 2.16. The van der Waals surface area contributed by atoms with Gasteiger partial charge in [-0.05, 0) is 36.4 Å². The normalized spacial score (nSPS) is 9.83. The fraction of sp³-hybridized carbons (Fsp3) is 0.211. The maximum absolute atomic E-state index is 11.2. The number of carbonyl (C=O) groups excluding carboxylic acids is 2. The van der Waals surface area contributed by atoms with Gasteiger partial charge < -0.3 is 9.47 Å². The Morgan fingerprint density at radius 3 is 2.78 bits per heavy atom. The number of fused-ring (bicyclic) bond motifs is 1. The van der Waals surface area contributed by atoms with E-state index >= 15 is 0 Å². The van der Waals surface area contributed by atoms with Crippen molar-refractivity contribution in [2.75, 3.05) is 6.61 Å². The molecule has 0 amide bonds. The van der Waals surface area contributed by atoms with E-state index in [4.69, 9.17) is 9.47 Å². The molecule has 4 nitrogen and oxygen atoms in total. The summed E-state index contributed by atoms with van der Waals surface area (Å²) in [6.45, 7) is 3.49. The first-order valence-electron chi connectivity index (χ1n) is 7.38. The predicted molar refractivity (Wildman–Crippen MR) is 88.2 cm³/mol. The molecule has 23 heavy (non-hydrogen) atoms. The van der Waals surface area contributed by atoms with Crippen molar-refractivity contribution in [3.05, 3.63) is 59.8 Å². The van der Waals surface area contributed by atoms with E-state index in [2.05, 4.69) is 5.73 Å². The van der Waals surface area contributed by atoms with Crippen LogP contribution in [0.25, 0.3) is 10.8 Å². The molecule has 0 saturated heterocycles. The molecular formula is C19H18O4. The summed E-state index contributed by atoms with van der Waals surface area (Å²) in [6.07, 6.45) is 3.70. The zero-order chi connectivity index (χ0) is 16.7. The third-order valence-electron chi connectivity index (χ3n) is 3.10. The average molecular weight is 310 g/mol. The summed E-state index contributed by atoms with van der Waals surface area (Å²) in [5.74, 6) is -0.179. The van der Waals surface area contributed by atoms with Crippen LogP contribution in [0.1, 0.15) is 19.4 Å². The highest BCUT2D eigenvalue weighted by molar-refractivity contribution is 5.90. The second-order valence-corrected chi connectivity index (χ2v) is 4.88. The average Bonchev–Trinajstić information content (AvgIpc) is 2.51. The van der Waals surface area contributed by atoms with E-state index in [0.29, 0.717) is 18.8 Å². The summed E-state index contributed by atoms with van der Waals surface area (Å²) in [4.78, 5) is 22.3. The first-order chi connectivity index (χ1) is 11.1. The van der Waals surface area contributed by atoms with Crippen LogP contribution in [0.3, 0.4) is 0 Å². The van der Waals surface area contributed by atoms with Crippen molar-refractivity contribution in [3.63, 3.8) is 0 Å².